The number of nitrogens with one attached hydrogen (secondary N) is 1. The highest BCUT2D eigenvalue weighted by Gasteiger charge is 2.05. The van der Waals surface area contributed by atoms with Gasteiger partial charge in [0.05, 0.1) is 13.7 Å². The number of benzene rings is 2. The number of hydrogen-bond acceptors (Lipinski definition) is 3. The molecule has 0 fully saturated rings. The summed E-state index contributed by atoms with van der Waals surface area (Å²) in [6, 6.07) is 12.5. The van der Waals surface area contributed by atoms with Crippen molar-refractivity contribution in [3.05, 3.63) is 53.1 Å². The van der Waals surface area contributed by atoms with Crippen molar-refractivity contribution in [3.63, 3.8) is 0 Å². The highest BCUT2D eigenvalue weighted by Crippen LogP contribution is 2.30. The van der Waals surface area contributed by atoms with Crippen molar-refractivity contribution in [2.24, 2.45) is 0 Å². The number of anilines is 1. The normalized spacial score (nSPS) is 10.3. The minimum atomic E-state index is 0.622. The van der Waals surface area contributed by atoms with Crippen LogP contribution in [0.3, 0.4) is 0 Å². The van der Waals surface area contributed by atoms with E-state index < -0.39 is 0 Å². The zero-order valence-electron chi connectivity index (χ0n) is 13.2. The van der Waals surface area contributed by atoms with Gasteiger partial charge in [0.2, 0.25) is 0 Å². The lowest BCUT2D eigenvalue weighted by Gasteiger charge is -2.13. The Hall–Kier alpha value is -2.16. The van der Waals surface area contributed by atoms with Crippen molar-refractivity contribution in [1.82, 2.24) is 0 Å². The van der Waals surface area contributed by atoms with Crippen molar-refractivity contribution < 1.29 is 9.47 Å². The molecule has 0 aromatic heterocycles. The van der Waals surface area contributed by atoms with Crippen molar-refractivity contribution in [3.8, 4) is 11.5 Å². The Morgan fingerprint density at radius 3 is 2.29 bits per heavy atom. The van der Waals surface area contributed by atoms with E-state index in [1.54, 1.807) is 7.11 Å². The van der Waals surface area contributed by atoms with Gasteiger partial charge in [0.15, 0.2) is 11.5 Å². The van der Waals surface area contributed by atoms with E-state index in [0.717, 1.165) is 23.7 Å². The third-order valence-electron chi connectivity index (χ3n) is 3.24. The van der Waals surface area contributed by atoms with Crippen LogP contribution >= 0.6 is 0 Å². The van der Waals surface area contributed by atoms with Gasteiger partial charge in [-0.3, -0.25) is 0 Å². The van der Waals surface area contributed by atoms with Crippen LogP contribution in [0.15, 0.2) is 36.4 Å². The Balaban J connectivity index is 2.10. The Bertz CT molecular complexity index is 588. The van der Waals surface area contributed by atoms with Gasteiger partial charge in [-0.25, -0.2) is 0 Å². The second-order valence-electron chi connectivity index (χ2n) is 5.15. The number of rotatable bonds is 6. The molecule has 1 N–H and O–H groups in total. The van der Waals surface area contributed by atoms with E-state index in [-0.39, 0.29) is 0 Å². The second-order valence-corrected chi connectivity index (χ2v) is 5.15. The Kier molecular flexibility index (Phi) is 5.09. The van der Waals surface area contributed by atoms with Crippen LogP contribution in [0.2, 0.25) is 0 Å². The predicted octanol–water partition coefficient (Wildman–Crippen LogP) is 4.32. The van der Waals surface area contributed by atoms with Crippen LogP contribution in [-0.2, 0) is 6.54 Å². The molecule has 0 aliphatic rings. The first-order valence-electron chi connectivity index (χ1n) is 7.24. The average molecular weight is 285 g/mol. The maximum absolute atomic E-state index is 5.59. The van der Waals surface area contributed by atoms with Crippen molar-refractivity contribution in [2.75, 3.05) is 19.0 Å². The lowest BCUT2D eigenvalue weighted by molar-refractivity contribution is 0.311. The highest BCUT2D eigenvalue weighted by molar-refractivity contribution is 5.55. The molecule has 0 aliphatic heterocycles. The fraction of sp³-hybridized carbons (Fsp3) is 0.333. The third kappa shape index (κ3) is 4.15. The summed E-state index contributed by atoms with van der Waals surface area (Å²) in [5.74, 6) is 1.53. The summed E-state index contributed by atoms with van der Waals surface area (Å²) in [7, 11) is 1.65. The molecule has 0 heterocycles. The molecule has 2 aromatic rings. The van der Waals surface area contributed by atoms with Gasteiger partial charge in [-0.15, -0.1) is 0 Å². The van der Waals surface area contributed by atoms with E-state index >= 15 is 0 Å². The molecule has 0 aliphatic carbocycles. The topological polar surface area (TPSA) is 30.5 Å². The molecule has 2 rings (SSSR count). The Morgan fingerprint density at radius 2 is 1.67 bits per heavy atom. The summed E-state index contributed by atoms with van der Waals surface area (Å²) < 4.78 is 10.9. The minimum absolute atomic E-state index is 0.622. The first-order valence-corrected chi connectivity index (χ1v) is 7.24. The molecule has 0 atom stereocenters. The predicted molar refractivity (Wildman–Crippen MR) is 87.4 cm³/mol. The van der Waals surface area contributed by atoms with E-state index in [1.807, 2.05) is 25.1 Å². The molecule has 0 radical (unpaired) electrons. The molecule has 3 heteroatoms. The lowest BCUT2D eigenvalue weighted by Crippen LogP contribution is -2.02. The fourth-order valence-corrected chi connectivity index (χ4v) is 2.43. The van der Waals surface area contributed by atoms with Crippen molar-refractivity contribution >= 4 is 5.69 Å². The maximum Gasteiger partial charge on any atom is 0.163 e. The first-order chi connectivity index (χ1) is 10.1. The Labute approximate surface area is 126 Å². The molecule has 112 valence electrons. The minimum Gasteiger partial charge on any atom is -0.493 e. The van der Waals surface area contributed by atoms with E-state index in [4.69, 9.17) is 9.47 Å². The molecule has 21 heavy (non-hydrogen) atoms. The molecule has 0 saturated heterocycles. The van der Waals surface area contributed by atoms with Gasteiger partial charge in [0.25, 0.3) is 0 Å². The monoisotopic (exact) mass is 285 g/mol. The van der Waals surface area contributed by atoms with Gasteiger partial charge in [-0.05, 0) is 38.5 Å². The molecule has 0 spiro atoms. The number of aryl methyl sites for hydroxylation is 2. The van der Waals surface area contributed by atoms with Gasteiger partial charge in [-0.2, -0.15) is 0 Å². The molecule has 2 aromatic carbocycles. The van der Waals surface area contributed by atoms with E-state index in [9.17, 15) is 0 Å². The SMILES string of the molecule is CCOc1cc(NCc2cc(C)cc(C)c2)ccc1OC. The van der Waals surface area contributed by atoms with Crippen LogP contribution < -0.4 is 14.8 Å². The van der Waals surface area contributed by atoms with Crippen molar-refractivity contribution in [2.45, 2.75) is 27.3 Å². The summed E-state index contributed by atoms with van der Waals surface area (Å²) >= 11 is 0. The van der Waals surface area contributed by atoms with Crippen LogP contribution in [0.4, 0.5) is 5.69 Å². The standard InChI is InChI=1S/C18H23NO2/c1-5-21-18-11-16(6-7-17(18)20-4)19-12-15-9-13(2)8-14(3)10-15/h6-11,19H,5,12H2,1-4H3. The lowest BCUT2D eigenvalue weighted by atomic mass is 10.1. The van der Waals surface area contributed by atoms with Crippen LogP contribution in [-0.4, -0.2) is 13.7 Å². The Morgan fingerprint density at radius 1 is 0.952 bits per heavy atom. The highest BCUT2D eigenvalue weighted by atomic mass is 16.5. The van der Waals surface area contributed by atoms with Crippen molar-refractivity contribution in [1.29, 1.82) is 0 Å². The molecular formula is C18H23NO2. The van der Waals surface area contributed by atoms with Crippen LogP contribution in [0.5, 0.6) is 11.5 Å². The third-order valence-corrected chi connectivity index (χ3v) is 3.24. The van der Waals surface area contributed by atoms with Crippen LogP contribution in [0.25, 0.3) is 0 Å². The number of methoxy groups -OCH3 is 1. The number of hydrogen-bond donors (Lipinski definition) is 1. The number of ether oxygens (including phenoxy) is 2. The zero-order chi connectivity index (χ0) is 15.2. The summed E-state index contributed by atoms with van der Waals surface area (Å²) in [5, 5.41) is 3.43. The quantitative estimate of drug-likeness (QED) is 0.857. The van der Waals surface area contributed by atoms with Crippen LogP contribution in [0.1, 0.15) is 23.6 Å². The molecule has 0 bridgehead atoms. The zero-order valence-corrected chi connectivity index (χ0v) is 13.2. The molecule has 0 saturated carbocycles. The first kappa shape index (κ1) is 15.2. The van der Waals surface area contributed by atoms with Gasteiger partial charge in [-0.1, -0.05) is 29.3 Å². The largest absolute Gasteiger partial charge is 0.493 e. The second kappa shape index (κ2) is 7.02. The summed E-state index contributed by atoms with van der Waals surface area (Å²) in [4.78, 5) is 0. The van der Waals surface area contributed by atoms with E-state index in [1.165, 1.54) is 16.7 Å². The van der Waals surface area contributed by atoms with Crippen LogP contribution in [0, 0.1) is 13.8 Å². The van der Waals surface area contributed by atoms with Gasteiger partial charge >= 0.3 is 0 Å². The average Bonchev–Trinajstić information content (AvgIpc) is 2.45. The van der Waals surface area contributed by atoms with E-state index in [2.05, 4.69) is 37.4 Å². The molecule has 0 unspecified atom stereocenters. The molecular weight excluding hydrogens is 262 g/mol. The molecule has 3 nitrogen and oxygen atoms in total. The summed E-state index contributed by atoms with van der Waals surface area (Å²) in [5.41, 5.74) is 4.88. The van der Waals surface area contributed by atoms with E-state index in [0.29, 0.717) is 6.61 Å². The van der Waals surface area contributed by atoms with Gasteiger partial charge in [0.1, 0.15) is 0 Å². The summed E-state index contributed by atoms with van der Waals surface area (Å²) in [6.45, 7) is 7.63. The molecule has 0 amide bonds. The van der Waals surface area contributed by atoms with Gasteiger partial charge in [0, 0.05) is 18.3 Å². The smallest absolute Gasteiger partial charge is 0.163 e. The fourth-order valence-electron chi connectivity index (χ4n) is 2.43. The summed E-state index contributed by atoms with van der Waals surface area (Å²) in [6.07, 6.45) is 0. The maximum atomic E-state index is 5.59. The van der Waals surface area contributed by atoms with Gasteiger partial charge < -0.3 is 14.8 Å².